The molecular formula is C12H16N2O5S. The van der Waals surface area contributed by atoms with Gasteiger partial charge in [-0.15, -0.1) is 0 Å². The van der Waals surface area contributed by atoms with Crippen molar-refractivity contribution >= 4 is 21.9 Å². The Morgan fingerprint density at radius 1 is 1.20 bits per heavy atom. The summed E-state index contributed by atoms with van der Waals surface area (Å²) in [6.45, 7) is 2.35. The van der Waals surface area contributed by atoms with Gasteiger partial charge in [0.25, 0.3) is 0 Å². The molecule has 1 rings (SSSR count). The van der Waals surface area contributed by atoms with E-state index in [1.165, 1.54) is 6.07 Å². The van der Waals surface area contributed by atoms with Crippen LogP contribution in [0.25, 0.3) is 0 Å². The van der Waals surface area contributed by atoms with Gasteiger partial charge in [0.15, 0.2) is 0 Å². The zero-order valence-electron chi connectivity index (χ0n) is 11.1. The quantitative estimate of drug-likeness (QED) is 0.672. The Morgan fingerprint density at radius 3 is 2.45 bits per heavy atom. The summed E-state index contributed by atoms with van der Waals surface area (Å²) in [4.78, 5) is 21.6. The Kier molecular flexibility index (Phi) is 5.23. The molecule has 7 nitrogen and oxygen atoms in total. The summed E-state index contributed by atoms with van der Waals surface area (Å²) in [6.07, 6.45) is 0. The van der Waals surface area contributed by atoms with Crippen LogP contribution in [0.2, 0.25) is 0 Å². The number of carbonyl (C=O) groups excluding carboxylic acids is 1. The summed E-state index contributed by atoms with van der Waals surface area (Å²) in [5, 5.41) is 10.4. The van der Waals surface area contributed by atoms with Crippen molar-refractivity contribution in [3.63, 3.8) is 0 Å². The second-order valence-electron chi connectivity index (χ2n) is 4.26. The smallest absolute Gasteiger partial charge is 0.322 e. The fraction of sp³-hybridized carbons (Fsp3) is 0.333. The molecule has 0 saturated carbocycles. The van der Waals surface area contributed by atoms with Gasteiger partial charge < -0.3 is 10.4 Å². The van der Waals surface area contributed by atoms with Crippen LogP contribution in [0.5, 0.6) is 0 Å². The third-order valence-electron chi connectivity index (χ3n) is 2.49. The predicted octanol–water partition coefficient (Wildman–Crippen LogP) is -0.217. The van der Waals surface area contributed by atoms with Crippen LogP contribution in [0.4, 0.5) is 0 Å². The van der Waals surface area contributed by atoms with Crippen LogP contribution in [0.15, 0.2) is 23.1 Å². The van der Waals surface area contributed by atoms with Crippen molar-refractivity contribution in [2.75, 3.05) is 13.1 Å². The van der Waals surface area contributed by atoms with Crippen molar-refractivity contribution < 1.29 is 23.1 Å². The van der Waals surface area contributed by atoms with E-state index < -0.39 is 35.0 Å². The molecule has 0 unspecified atom stereocenters. The van der Waals surface area contributed by atoms with Crippen LogP contribution in [0.1, 0.15) is 11.1 Å². The van der Waals surface area contributed by atoms with Gasteiger partial charge in [-0.05, 0) is 31.0 Å². The van der Waals surface area contributed by atoms with Crippen LogP contribution in [-0.2, 0) is 19.6 Å². The molecule has 110 valence electrons. The van der Waals surface area contributed by atoms with Crippen molar-refractivity contribution in [3.05, 3.63) is 29.3 Å². The highest BCUT2D eigenvalue weighted by Gasteiger charge is 2.18. The highest BCUT2D eigenvalue weighted by molar-refractivity contribution is 7.89. The maximum Gasteiger partial charge on any atom is 0.322 e. The fourth-order valence-electron chi connectivity index (χ4n) is 1.47. The number of hydrogen-bond acceptors (Lipinski definition) is 4. The molecule has 0 saturated heterocycles. The molecule has 0 spiro atoms. The van der Waals surface area contributed by atoms with E-state index in [1.54, 1.807) is 26.0 Å². The average molecular weight is 300 g/mol. The average Bonchev–Trinajstić information content (AvgIpc) is 2.36. The van der Waals surface area contributed by atoms with Crippen LogP contribution in [0, 0.1) is 13.8 Å². The van der Waals surface area contributed by atoms with Gasteiger partial charge in [-0.3, -0.25) is 9.59 Å². The third-order valence-corrected chi connectivity index (χ3v) is 4.04. The number of carbonyl (C=O) groups is 2. The molecule has 1 aromatic carbocycles. The van der Waals surface area contributed by atoms with E-state index in [9.17, 15) is 18.0 Å². The number of nitrogens with one attached hydrogen (secondary N) is 2. The minimum Gasteiger partial charge on any atom is -0.480 e. The normalized spacial score (nSPS) is 11.1. The minimum atomic E-state index is -3.81. The Balaban J connectivity index is 2.73. The zero-order valence-corrected chi connectivity index (χ0v) is 12.0. The number of carboxylic acid groups (broad SMARTS) is 1. The lowest BCUT2D eigenvalue weighted by atomic mass is 10.2. The third kappa shape index (κ3) is 4.63. The molecule has 1 aromatic rings. The van der Waals surface area contributed by atoms with Crippen molar-refractivity contribution in [2.24, 2.45) is 0 Å². The Labute approximate surface area is 117 Å². The van der Waals surface area contributed by atoms with Gasteiger partial charge in [0.05, 0.1) is 11.4 Å². The molecule has 0 aromatic heterocycles. The predicted molar refractivity (Wildman–Crippen MR) is 71.8 cm³/mol. The van der Waals surface area contributed by atoms with Gasteiger partial charge >= 0.3 is 5.97 Å². The molecule has 20 heavy (non-hydrogen) atoms. The molecular weight excluding hydrogens is 284 g/mol. The molecule has 0 aliphatic rings. The summed E-state index contributed by atoms with van der Waals surface area (Å²) in [6, 6.07) is 4.97. The lowest BCUT2D eigenvalue weighted by Crippen LogP contribution is -2.39. The lowest BCUT2D eigenvalue weighted by Gasteiger charge is -2.10. The highest BCUT2D eigenvalue weighted by Crippen LogP contribution is 2.16. The Hall–Kier alpha value is -1.93. The molecule has 3 N–H and O–H groups in total. The topological polar surface area (TPSA) is 113 Å². The summed E-state index contributed by atoms with van der Waals surface area (Å²) >= 11 is 0. The van der Waals surface area contributed by atoms with E-state index in [-0.39, 0.29) is 4.90 Å². The van der Waals surface area contributed by atoms with Gasteiger partial charge in [0, 0.05) is 0 Å². The molecule has 0 radical (unpaired) electrons. The van der Waals surface area contributed by atoms with Crippen molar-refractivity contribution in [3.8, 4) is 0 Å². The highest BCUT2D eigenvalue weighted by atomic mass is 32.2. The SMILES string of the molecule is Cc1ccc(C)c(S(=O)(=O)NCC(=O)NCC(=O)O)c1. The molecule has 0 aliphatic carbocycles. The molecule has 1 amide bonds. The maximum absolute atomic E-state index is 12.0. The number of amides is 1. The first kappa shape index (κ1) is 16.1. The maximum atomic E-state index is 12.0. The van der Waals surface area contributed by atoms with Gasteiger partial charge in [-0.2, -0.15) is 0 Å². The largest absolute Gasteiger partial charge is 0.480 e. The summed E-state index contributed by atoms with van der Waals surface area (Å²) in [7, 11) is -3.81. The first-order chi connectivity index (χ1) is 9.22. The number of sulfonamides is 1. The molecule has 8 heteroatoms. The molecule has 0 fully saturated rings. The van der Waals surface area contributed by atoms with E-state index in [1.807, 2.05) is 0 Å². The van der Waals surface area contributed by atoms with Gasteiger partial charge in [-0.1, -0.05) is 12.1 Å². The summed E-state index contributed by atoms with van der Waals surface area (Å²) in [5.41, 5.74) is 1.35. The molecule has 0 aliphatic heterocycles. The Bertz CT molecular complexity index is 625. The molecule has 0 atom stereocenters. The van der Waals surface area contributed by atoms with Crippen molar-refractivity contribution in [1.82, 2.24) is 10.0 Å². The number of carboxylic acids is 1. The second kappa shape index (κ2) is 6.49. The number of hydrogen-bond donors (Lipinski definition) is 3. The number of aryl methyl sites for hydroxylation is 2. The number of aliphatic carboxylic acids is 1. The molecule has 0 bridgehead atoms. The second-order valence-corrected chi connectivity index (χ2v) is 6.00. The van der Waals surface area contributed by atoms with Gasteiger partial charge in [0.1, 0.15) is 6.54 Å². The monoisotopic (exact) mass is 300 g/mol. The van der Waals surface area contributed by atoms with E-state index >= 15 is 0 Å². The number of benzene rings is 1. The van der Waals surface area contributed by atoms with E-state index in [0.29, 0.717) is 5.56 Å². The van der Waals surface area contributed by atoms with Crippen LogP contribution >= 0.6 is 0 Å². The van der Waals surface area contributed by atoms with E-state index in [2.05, 4.69) is 10.0 Å². The van der Waals surface area contributed by atoms with Crippen molar-refractivity contribution in [1.29, 1.82) is 0 Å². The van der Waals surface area contributed by atoms with Gasteiger partial charge in [-0.25, -0.2) is 13.1 Å². The van der Waals surface area contributed by atoms with E-state index in [0.717, 1.165) is 5.56 Å². The zero-order chi connectivity index (χ0) is 15.3. The minimum absolute atomic E-state index is 0.100. The first-order valence-electron chi connectivity index (χ1n) is 5.78. The fourth-order valence-corrected chi connectivity index (χ4v) is 2.78. The standard InChI is InChI=1S/C12H16N2O5S/c1-8-3-4-9(2)10(5-8)20(18,19)14-6-11(15)13-7-12(16)17/h3-5,14H,6-7H2,1-2H3,(H,13,15)(H,16,17). The van der Waals surface area contributed by atoms with Crippen molar-refractivity contribution in [2.45, 2.75) is 18.7 Å². The van der Waals surface area contributed by atoms with Crippen LogP contribution in [-0.4, -0.2) is 38.5 Å². The van der Waals surface area contributed by atoms with Crippen LogP contribution < -0.4 is 10.0 Å². The molecule has 0 heterocycles. The van der Waals surface area contributed by atoms with Gasteiger partial charge in [0.2, 0.25) is 15.9 Å². The summed E-state index contributed by atoms with van der Waals surface area (Å²) in [5.74, 6) is -1.91. The van der Waals surface area contributed by atoms with Crippen LogP contribution in [0.3, 0.4) is 0 Å². The Morgan fingerprint density at radius 2 is 1.85 bits per heavy atom. The van der Waals surface area contributed by atoms with E-state index in [4.69, 9.17) is 5.11 Å². The summed E-state index contributed by atoms with van der Waals surface area (Å²) < 4.78 is 26.2. The number of rotatable bonds is 6. The lowest BCUT2D eigenvalue weighted by molar-refractivity contribution is -0.137. The first-order valence-corrected chi connectivity index (χ1v) is 7.26.